The van der Waals surface area contributed by atoms with E-state index >= 15 is 0 Å². The fourth-order valence-electron chi connectivity index (χ4n) is 12.2. The van der Waals surface area contributed by atoms with Gasteiger partial charge in [0.1, 0.15) is 68.4 Å². The fraction of sp³-hybridized carbons (Fsp3) is 0.0897. The number of phenolic OH excluding ortho intramolecular Hbond substituents is 9. The predicted molar refractivity (Wildman–Crippen MR) is 379 cm³/mol. The maximum absolute atomic E-state index is 10.4. The molecule has 0 aliphatic rings. The standard InChI is InChI=1S/C27H19N3O4.C26H21N3O4.C25H19N3O4/c1-2-34-27-29-25(28-26(30-27)24-20(32)12-17(31)13-21(24)33)19-11-9-16-7-6-14-4-3-5-15-8-10-18(19)23(16)22(14)15;1-14(2)33-26-28-24(27-25(29-26)23-21(31)12-20(30)13-22(23)32)18-8-7-17-9-15-5-3-4-6-16(15)10-19(17)11-18;1-2-32-25-27-23(26-24(28-25)22-20(30)12-15(29)13-21(22)31)19-11-14-7-3-4-8-16(14)17-9-5-6-10-18(17)19/h3-13,31-33H,2H2,1H3;3-14,30-32H,1-2H3;3-13,29-31H,2H2,1H3. The number of aromatic hydroxyl groups is 9. The number of hydrogen-bond donors (Lipinski definition) is 9. The molecule has 0 atom stereocenters. The number of phenols is 9. The highest BCUT2D eigenvalue weighted by molar-refractivity contribution is 6.25. The Kier molecular flexibility index (Phi) is 16.6. The zero-order chi connectivity index (χ0) is 68.8. The average molecular weight is 1310 g/mol. The van der Waals surface area contributed by atoms with Gasteiger partial charge in [0.25, 0.3) is 0 Å². The summed E-state index contributed by atoms with van der Waals surface area (Å²) in [7, 11) is 0. The Morgan fingerprint density at radius 1 is 0.293 bits per heavy atom. The largest absolute Gasteiger partial charge is 0.508 e. The van der Waals surface area contributed by atoms with Crippen LogP contribution in [0.3, 0.4) is 0 Å². The van der Waals surface area contributed by atoms with E-state index < -0.39 is 0 Å². The maximum Gasteiger partial charge on any atom is 0.320 e. The van der Waals surface area contributed by atoms with E-state index in [9.17, 15) is 46.0 Å². The summed E-state index contributed by atoms with van der Waals surface area (Å²) in [6.45, 7) is 7.97. The molecule has 99 heavy (non-hydrogen) atoms. The summed E-state index contributed by atoms with van der Waals surface area (Å²) >= 11 is 0. The smallest absolute Gasteiger partial charge is 0.320 e. The summed E-state index contributed by atoms with van der Waals surface area (Å²) in [5.41, 5.74) is 2.22. The molecule has 3 aromatic heterocycles. The van der Waals surface area contributed by atoms with E-state index in [1.54, 1.807) is 0 Å². The normalized spacial score (nSPS) is 11.4. The minimum absolute atomic E-state index is 0.0138. The van der Waals surface area contributed by atoms with Crippen LogP contribution in [-0.4, -0.2) is 110 Å². The van der Waals surface area contributed by atoms with Gasteiger partial charge in [-0.1, -0.05) is 133 Å². The minimum atomic E-state index is -0.356. The molecule has 21 heteroatoms. The molecule has 0 spiro atoms. The highest BCUT2D eigenvalue weighted by atomic mass is 16.5. The molecular weight excluding hydrogens is 1250 g/mol. The Labute approximate surface area is 563 Å². The molecule has 0 aliphatic carbocycles. The quantitative estimate of drug-likeness (QED) is 0.0405. The van der Waals surface area contributed by atoms with Crippen LogP contribution in [0.25, 0.3) is 144 Å². The summed E-state index contributed by atoms with van der Waals surface area (Å²) in [6, 6.07) is 61.8. The van der Waals surface area contributed by atoms with Gasteiger partial charge < -0.3 is 60.2 Å². The zero-order valence-electron chi connectivity index (χ0n) is 53.3. The second-order valence-electron chi connectivity index (χ2n) is 23.3. The van der Waals surface area contributed by atoms with Crippen molar-refractivity contribution in [2.75, 3.05) is 13.2 Å². The second-order valence-corrected chi connectivity index (χ2v) is 23.3. The van der Waals surface area contributed by atoms with E-state index in [-0.39, 0.29) is 110 Å². The highest BCUT2D eigenvalue weighted by Gasteiger charge is 2.25. The molecule has 21 nitrogen and oxygen atoms in total. The third kappa shape index (κ3) is 12.4. The highest BCUT2D eigenvalue weighted by Crippen LogP contribution is 2.45. The van der Waals surface area contributed by atoms with E-state index in [1.165, 1.54) is 5.39 Å². The van der Waals surface area contributed by atoms with Gasteiger partial charge in [-0.3, -0.25) is 0 Å². The number of rotatable bonds is 12. The van der Waals surface area contributed by atoms with Crippen LogP contribution >= 0.6 is 0 Å². The lowest BCUT2D eigenvalue weighted by molar-refractivity contribution is 0.222. The van der Waals surface area contributed by atoms with Gasteiger partial charge in [-0.2, -0.15) is 29.9 Å². The zero-order valence-corrected chi connectivity index (χ0v) is 53.3. The van der Waals surface area contributed by atoms with E-state index in [2.05, 4.69) is 112 Å². The van der Waals surface area contributed by atoms with Crippen molar-refractivity contribution in [3.8, 4) is 138 Å². The van der Waals surface area contributed by atoms with Gasteiger partial charge in [-0.15, -0.1) is 0 Å². The van der Waals surface area contributed by atoms with E-state index in [0.29, 0.717) is 30.7 Å². The first-order valence-corrected chi connectivity index (χ1v) is 31.4. The van der Waals surface area contributed by atoms with Gasteiger partial charge in [0.2, 0.25) is 0 Å². The van der Waals surface area contributed by atoms with E-state index in [0.717, 1.165) is 123 Å². The number of benzene rings is 13. The van der Waals surface area contributed by atoms with Crippen molar-refractivity contribution in [2.45, 2.75) is 33.8 Å². The monoisotopic (exact) mass is 1310 g/mol. The SMILES string of the molecule is CC(C)Oc1nc(-c2ccc3cc4ccccc4cc3c2)nc(-c2c(O)cc(O)cc2O)n1.CCOc1nc(-c2c(O)cc(O)cc2O)nc(-c2cc3ccccc3c3ccccc23)n1.CCOc1nc(-c2c(O)cc(O)cc2O)nc(-c2ccc3ccc4cccc5ccc2c3c45)n1. The molecule has 9 N–H and O–H groups in total. The predicted octanol–water partition coefficient (Wildman–Crippen LogP) is 16.1. The molecule has 0 radical (unpaired) electrons. The Morgan fingerprint density at radius 3 is 1.22 bits per heavy atom. The van der Waals surface area contributed by atoms with Crippen LogP contribution in [0.2, 0.25) is 0 Å². The third-order valence-electron chi connectivity index (χ3n) is 16.4. The summed E-state index contributed by atoms with van der Waals surface area (Å²) in [6.07, 6.45) is -0.196. The Morgan fingerprint density at radius 2 is 0.687 bits per heavy atom. The Hall–Kier alpha value is -13.4. The number of nitrogens with zero attached hydrogens (tertiary/aromatic N) is 9. The van der Waals surface area contributed by atoms with Crippen LogP contribution in [0, 0.1) is 0 Å². The molecule has 16 aromatic rings. The summed E-state index contributed by atoms with van der Waals surface area (Å²) in [5.74, 6) is -1.84. The van der Waals surface area contributed by atoms with Crippen molar-refractivity contribution in [3.05, 3.63) is 200 Å². The molecule has 0 unspecified atom stereocenters. The van der Waals surface area contributed by atoms with Crippen molar-refractivity contribution in [3.63, 3.8) is 0 Å². The maximum atomic E-state index is 10.4. The molecule has 0 amide bonds. The minimum Gasteiger partial charge on any atom is -0.508 e. The Balaban J connectivity index is 0.000000127. The fourth-order valence-corrected chi connectivity index (χ4v) is 12.2. The Bertz CT molecular complexity index is 5750. The molecular formula is C78H59N9O12. The molecule has 488 valence electrons. The first kappa shape index (κ1) is 63.0. The van der Waals surface area contributed by atoms with Crippen molar-refractivity contribution in [1.82, 2.24) is 44.9 Å². The van der Waals surface area contributed by atoms with Crippen molar-refractivity contribution in [2.24, 2.45) is 0 Å². The summed E-state index contributed by atoms with van der Waals surface area (Å²) in [4.78, 5) is 39.9. The molecule has 0 saturated carbocycles. The van der Waals surface area contributed by atoms with Crippen LogP contribution in [0.4, 0.5) is 0 Å². The summed E-state index contributed by atoms with van der Waals surface area (Å²) < 4.78 is 16.9. The van der Waals surface area contributed by atoms with Gasteiger partial charge in [-0.25, -0.2) is 15.0 Å². The molecule has 0 aliphatic heterocycles. The summed E-state index contributed by atoms with van der Waals surface area (Å²) in [5, 5.41) is 106. The van der Waals surface area contributed by atoms with Crippen LogP contribution < -0.4 is 14.2 Å². The lowest BCUT2D eigenvalue weighted by Gasteiger charge is -2.14. The first-order chi connectivity index (χ1) is 47.9. The third-order valence-corrected chi connectivity index (χ3v) is 16.4. The first-order valence-electron chi connectivity index (χ1n) is 31.4. The van der Waals surface area contributed by atoms with Gasteiger partial charge in [0.15, 0.2) is 34.9 Å². The molecule has 0 bridgehead atoms. The van der Waals surface area contributed by atoms with Crippen LogP contribution in [0.5, 0.6) is 69.8 Å². The number of fused-ring (bicyclic) bond motifs is 5. The van der Waals surface area contributed by atoms with Crippen molar-refractivity contribution < 1.29 is 60.2 Å². The van der Waals surface area contributed by atoms with Gasteiger partial charge >= 0.3 is 18.0 Å². The molecule has 3 heterocycles. The second kappa shape index (κ2) is 26.1. The lowest BCUT2D eigenvalue weighted by Crippen LogP contribution is -2.10. The average Bonchev–Trinajstić information content (AvgIpc) is 0.596. The molecule has 0 saturated heterocycles. The molecule has 16 rings (SSSR count). The van der Waals surface area contributed by atoms with E-state index in [4.69, 9.17) is 14.2 Å². The van der Waals surface area contributed by atoms with Gasteiger partial charge in [0.05, 0.1) is 19.3 Å². The van der Waals surface area contributed by atoms with Gasteiger partial charge in [0, 0.05) is 53.1 Å². The number of ether oxygens (including phenoxy) is 3. The van der Waals surface area contributed by atoms with Crippen molar-refractivity contribution >= 4 is 75.4 Å². The molecule has 0 fully saturated rings. The van der Waals surface area contributed by atoms with Crippen LogP contribution in [0.15, 0.2) is 200 Å². The van der Waals surface area contributed by atoms with Crippen LogP contribution in [-0.2, 0) is 0 Å². The topological polar surface area (TPSA) is 326 Å². The van der Waals surface area contributed by atoms with E-state index in [1.807, 2.05) is 125 Å². The van der Waals surface area contributed by atoms with Crippen LogP contribution in [0.1, 0.15) is 27.7 Å². The van der Waals surface area contributed by atoms with Crippen molar-refractivity contribution in [1.29, 1.82) is 0 Å². The van der Waals surface area contributed by atoms with Gasteiger partial charge in [-0.05, 0) is 133 Å². The number of aromatic nitrogens is 9. The molecule has 13 aromatic carbocycles. The number of hydrogen-bond acceptors (Lipinski definition) is 21. The lowest BCUT2D eigenvalue weighted by atomic mass is 9.92.